The van der Waals surface area contributed by atoms with E-state index in [1.54, 1.807) is 24.3 Å². The number of ether oxygens (including phenoxy) is 1. The predicted molar refractivity (Wildman–Crippen MR) is 152 cm³/mol. The van der Waals surface area contributed by atoms with Crippen molar-refractivity contribution in [3.63, 3.8) is 0 Å². The summed E-state index contributed by atoms with van der Waals surface area (Å²) in [6.07, 6.45) is 0. The van der Waals surface area contributed by atoms with Gasteiger partial charge in [-0.3, -0.25) is 15.1 Å². The number of non-ortho nitro benzene ring substituents is 1. The molecule has 0 aliphatic rings. The van der Waals surface area contributed by atoms with Gasteiger partial charge in [-0.2, -0.15) is 0 Å². The second-order valence-electron chi connectivity index (χ2n) is 8.58. The Morgan fingerprint density at radius 2 is 1.40 bits per heavy atom. The summed E-state index contributed by atoms with van der Waals surface area (Å²) in [4.78, 5) is 28.3. The third-order valence-corrected chi connectivity index (χ3v) is 7.70. The first-order valence-corrected chi connectivity index (χ1v) is 13.8. The maximum Gasteiger partial charge on any atom is 0.332 e. The lowest BCUT2D eigenvalue weighted by Crippen LogP contribution is -2.40. The van der Waals surface area contributed by atoms with Gasteiger partial charge < -0.3 is 4.74 Å². The van der Waals surface area contributed by atoms with Crippen LogP contribution >= 0.6 is 11.6 Å². The number of hydrogen-bond donors (Lipinski definition) is 1. The summed E-state index contributed by atoms with van der Waals surface area (Å²) < 4.78 is 34.7. The third-order valence-electron chi connectivity index (χ3n) is 5.99. The molecule has 0 heterocycles. The van der Waals surface area contributed by atoms with Crippen molar-refractivity contribution in [1.82, 2.24) is 4.72 Å². The van der Waals surface area contributed by atoms with Gasteiger partial charge in [-0.1, -0.05) is 84.4 Å². The lowest BCUT2D eigenvalue weighted by Gasteiger charge is -2.25. The second-order valence-corrected chi connectivity index (χ2v) is 10.7. The molecule has 0 aliphatic heterocycles. The normalized spacial score (nSPS) is 12.7. The molecule has 0 saturated heterocycles. The lowest BCUT2D eigenvalue weighted by molar-refractivity contribution is -0.384. The molecule has 0 aliphatic carbocycles. The number of carbonyl (C=O) groups is 1. The maximum atomic E-state index is 13.5. The van der Waals surface area contributed by atoms with Crippen LogP contribution in [0, 0.1) is 10.1 Å². The van der Waals surface area contributed by atoms with Crippen molar-refractivity contribution in [3.8, 4) is 0 Å². The number of nitro groups is 1. The number of rotatable bonds is 10. The average Bonchev–Trinajstić information content (AvgIpc) is 2.98. The van der Waals surface area contributed by atoms with Crippen molar-refractivity contribution < 1.29 is 22.9 Å². The number of carbonyl (C=O) groups excluding carboxylic acids is 1. The summed E-state index contributed by atoms with van der Waals surface area (Å²) in [5.74, 6) is -0.782. The fraction of sp³-hybridized carbons (Fsp3) is 0.103. The van der Waals surface area contributed by atoms with Gasteiger partial charge in [0.05, 0.1) is 28.7 Å². The molecule has 11 heteroatoms. The van der Waals surface area contributed by atoms with E-state index in [-0.39, 0.29) is 10.6 Å². The lowest BCUT2D eigenvalue weighted by atomic mass is 9.98. The predicted octanol–water partition coefficient (Wildman–Crippen LogP) is 5.35. The van der Waals surface area contributed by atoms with E-state index in [1.807, 2.05) is 60.7 Å². The Hall–Kier alpha value is -4.38. The molecule has 1 N–H and O–H groups in total. The van der Waals surface area contributed by atoms with Crippen molar-refractivity contribution in [2.75, 3.05) is 7.11 Å². The van der Waals surface area contributed by atoms with Gasteiger partial charge in [-0.05, 0) is 29.8 Å². The fourth-order valence-electron chi connectivity index (χ4n) is 4.00. The SMILES string of the molecule is COC(=O)[C@@H](N=C(c1ccccc1)c1ccccc1)[C@H](NS(=O)(=O)c1ccc([N+](=O)[O-])cc1)c1ccc(Cl)cc1. The number of nitro benzene ring substituents is 1. The summed E-state index contributed by atoms with van der Waals surface area (Å²) in [6.45, 7) is 0. The second kappa shape index (κ2) is 12.6. The summed E-state index contributed by atoms with van der Waals surface area (Å²) >= 11 is 6.09. The molecular weight excluding hydrogens is 554 g/mol. The zero-order chi connectivity index (χ0) is 28.7. The van der Waals surface area contributed by atoms with Crippen LogP contribution in [0.5, 0.6) is 0 Å². The minimum atomic E-state index is -4.29. The van der Waals surface area contributed by atoms with E-state index in [4.69, 9.17) is 21.3 Å². The molecule has 0 saturated carbocycles. The Bertz CT molecular complexity index is 1570. The van der Waals surface area contributed by atoms with Gasteiger partial charge in [0, 0.05) is 28.3 Å². The van der Waals surface area contributed by atoms with E-state index in [0.717, 1.165) is 24.3 Å². The Labute approximate surface area is 236 Å². The standard InChI is InChI=1S/C29H24ClN3O6S/c1-39-29(34)28(31-26(20-8-4-2-5-9-20)21-10-6-3-7-11-21)27(22-12-14-23(30)15-13-22)32-40(37,38)25-18-16-24(17-19-25)33(35)36/h2-19,27-28,32H,1H3/t27-,28+/m1/s1. The molecule has 4 rings (SSSR count). The minimum Gasteiger partial charge on any atom is -0.467 e. The van der Waals surface area contributed by atoms with E-state index in [2.05, 4.69) is 4.72 Å². The van der Waals surface area contributed by atoms with Crippen LogP contribution in [-0.4, -0.2) is 38.2 Å². The van der Waals surface area contributed by atoms with Crippen LogP contribution in [0.4, 0.5) is 5.69 Å². The fourth-order valence-corrected chi connectivity index (χ4v) is 5.35. The van der Waals surface area contributed by atoms with Crippen LogP contribution in [-0.2, 0) is 19.6 Å². The highest BCUT2D eigenvalue weighted by Crippen LogP contribution is 2.27. The summed E-state index contributed by atoms with van der Waals surface area (Å²) in [5, 5.41) is 11.5. The zero-order valence-corrected chi connectivity index (χ0v) is 22.7. The monoisotopic (exact) mass is 577 g/mol. The van der Waals surface area contributed by atoms with E-state index in [1.165, 1.54) is 7.11 Å². The highest BCUT2D eigenvalue weighted by atomic mass is 35.5. The van der Waals surface area contributed by atoms with Gasteiger partial charge >= 0.3 is 5.97 Å². The molecule has 0 unspecified atom stereocenters. The molecule has 9 nitrogen and oxygen atoms in total. The Kier molecular flexibility index (Phi) is 9.05. The molecule has 0 bridgehead atoms. The highest BCUT2D eigenvalue weighted by Gasteiger charge is 2.35. The Balaban J connectivity index is 1.87. The topological polar surface area (TPSA) is 128 Å². The largest absolute Gasteiger partial charge is 0.467 e. The first kappa shape index (κ1) is 28.6. The van der Waals surface area contributed by atoms with Gasteiger partial charge in [-0.15, -0.1) is 0 Å². The number of esters is 1. The van der Waals surface area contributed by atoms with Crippen molar-refractivity contribution in [2.45, 2.75) is 17.0 Å². The molecule has 0 spiro atoms. The van der Waals surface area contributed by atoms with Crippen LogP contribution < -0.4 is 4.72 Å². The molecule has 0 radical (unpaired) electrons. The van der Waals surface area contributed by atoms with Crippen LogP contribution in [0.2, 0.25) is 5.02 Å². The van der Waals surface area contributed by atoms with E-state index < -0.39 is 33.0 Å². The number of halogens is 1. The first-order chi connectivity index (χ1) is 19.2. The van der Waals surface area contributed by atoms with Gasteiger partial charge in [0.15, 0.2) is 6.04 Å². The van der Waals surface area contributed by atoms with Crippen molar-refractivity contribution >= 4 is 39.0 Å². The van der Waals surface area contributed by atoms with Crippen LogP contribution in [0.1, 0.15) is 22.7 Å². The van der Waals surface area contributed by atoms with Gasteiger partial charge in [0.25, 0.3) is 5.69 Å². The van der Waals surface area contributed by atoms with Crippen molar-refractivity contribution in [1.29, 1.82) is 0 Å². The smallest absolute Gasteiger partial charge is 0.332 e. The molecule has 0 aromatic heterocycles. The number of hydrogen-bond acceptors (Lipinski definition) is 7. The first-order valence-electron chi connectivity index (χ1n) is 12.0. The van der Waals surface area contributed by atoms with Gasteiger partial charge in [-0.25, -0.2) is 17.9 Å². The number of nitrogens with zero attached hydrogens (tertiary/aromatic N) is 2. The number of aliphatic imine (C=N–C) groups is 1. The molecule has 0 fully saturated rings. The molecule has 4 aromatic rings. The third kappa shape index (κ3) is 6.78. The van der Waals surface area contributed by atoms with Crippen molar-refractivity contribution in [2.24, 2.45) is 4.99 Å². The van der Waals surface area contributed by atoms with Crippen LogP contribution in [0.3, 0.4) is 0 Å². The molecule has 4 aromatic carbocycles. The zero-order valence-electron chi connectivity index (χ0n) is 21.2. The highest BCUT2D eigenvalue weighted by molar-refractivity contribution is 7.89. The maximum absolute atomic E-state index is 13.5. The molecule has 40 heavy (non-hydrogen) atoms. The Morgan fingerprint density at radius 1 is 0.875 bits per heavy atom. The van der Waals surface area contributed by atoms with Gasteiger partial charge in [0.1, 0.15) is 0 Å². The van der Waals surface area contributed by atoms with E-state index in [9.17, 15) is 23.3 Å². The number of sulfonamides is 1. The summed E-state index contributed by atoms with van der Waals surface area (Å²) in [5.41, 5.74) is 1.99. The number of methoxy groups -OCH3 is 1. The van der Waals surface area contributed by atoms with E-state index >= 15 is 0 Å². The van der Waals surface area contributed by atoms with E-state index in [0.29, 0.717) is 27.4 Å². The Morgan fingerprint density at radius 3 is 1.88 bits per heavy atom. The van der Waals surface area contributed by atoms with Crippen molar-refractivity contribution in [3.05, 3.63) is 141 Å². The summed E-state index contributed by atoms with van der Waals surface area (Å²) in [6, 6.07) is 26.5. The molecular formula is C29H24ClN3O6S. The van der Waals surface area contributed by atoms with Crippen LogP contribution in [0.25, 0.3) is 0 Å². The minimum absolute atomic E-state index is 0.226. The number of benzene rings is 4. The molecule has 0 amide bonds. The number of nitrogens with one attached hydrogen (secondary N) is 1. The van der Waals surface area contributed by atoms with Gasteiger partial charge in [0.2, 0.25) is 10.0 Å². The quantitative estimate of drug-likeness (QED) is 0.117. The molecule has 204 valence electrons. The summed E-state index contributed by atoms with van der Waals surface area (Å²) in [7, 11) is -3.10. The molecule has 2 atom stereocenters. The average molecular weight is 578 g/mol. The van der Waals surface area contributed by atoms with Crippen LogP contribution in [0.15, 0.2) is 119 Å².